The Morgan fingerprint density at radius 1 is 0.710 bits per heavy atom. The lowest BCUT2D eigenvalue weighted by atomic mass is 10.0. The van der Waals surface area contributed by atoms with Crippen molar-refractivity contribution in [3.05, 3.63) is 54.5 Å². The second-order valence-corrected chi connectivity index (χ2v) is 8.27. The molecule has 0 atom stereocenters. The molecule has 4 heterocycles. The molecule has 2 aliphatic heterocycles. The molecule has 0 N–H and O–H groups in total. The minimum absolute atomic E-state index is 0.114. The number of fused-ring (bicyclic) bond motifs is 1. The van der Waals surface area contributed by atoms with E-state index in [1.165, 1.54) is 12.8 Å². The minimum atomic E-state index is 0.114. The summed E-state index contributed by atoms with van der Waals surface area (Å²) in [5.41, 5.74) is 0.720. The van der Waals surface area contributed by atoms with Crippen LogP contribution in [0.5, 0.6) is 0 Å². The Kier molecular flexibility index (Phi) is 5.65. The zero-order chi connectivity index (χ0) is 21.0. The van der Waals surface area contributed by atoms with Crippen molar-refractivity contribution in [3.63, 3.8) is 0 Å². The van der Waals surface area contributed by atoms with Crippen LogP contribution in [0.1, 0.15) is 36.0 Å². The average Bonchev–Trinajstić information content (AvgIpc) is 3.13. The number of carbonyl (C=O) groups is 1. The van der Waals surface area contributed by atoms with Crippen LogP contribution >= 0.6 is 0 Å². The van der Waals surface area contributed by atoms with Gasteiger partial charge in [0.1, 0.15) is 5.82 Å². The Bertz CT molecular complexity index is 1040. The predicted octanol–water partition coefficient (Wildman–Crippen LogP) is 3.37. The highest BCUT2D eigenvalue weighted by Gasteiger charge is 2.24. The third-order valence-corrected chi connectivity index (χ3v) is 6.31. The summed E-state index contributed by atoms with van der Waals surface area (Å²) in [6.07, 6.45) is 9.95. The van der Waals surface area contributed by atoms with E-state index in [0.29, 0.717) is 0 Å². The van der Waals surface area contributed by atoms with E-state index >= 15 is 0 Å². The number of pyridine rings is 1. The zero-order valence-corrected chi connectivity index (χ0v) is 17.8. The largest absolute Gasteiger partial charge is 0.353 e. The lowest BCUT2D eigenvalue weighted by Crippen LogP contribution is -2.47. The maximum absolute atomic E-state index is 13.3. The molecule has 2 fully saturated rings. The number of benzene rings is 1. The first-order valence-electron chi connectivity index (χ1n) is 11.3. The highest BCUT2D eigenvalue weighted by Crippen LogP contribution is 2.29. The lowest BCUT2D eigenvalue weighted by molar-refractivity contribution is 0.0763. The number of carbonyl (C=O) groups excluding carboxylic acids is 1. The van der Waals surface area contributed by atoms with Gasteiger partial charge in [-0.2, -0.15) is 0 Å². The maximum Gasteiger partial charge on any atom is 0.256 e. The molecule has 2 aromatic heterocycles. The molecule has 0 saturated carbocycles. The van der Waals surface area contributed by atoms with Gasteiger partial charge in [-0.15, -0.1) is 0 Å². The number of rotatable bonds is 3. The van der Waals surface area contributed by atoms with E-state index in [9.17, 15) is 4.79 Å². The molecular weight excluding hydrogens is 388 g/mol. The monoisotopic (exact) mass is 416 g/mol. The lowest BCUT2D eigenvalue weighted by Gasteiger charge is -2.36. The van der Waals surface area contributed by atoms with Crippen LogP contribution in [-0.2, 0) is 0 Å². The van der Waals surface area contributed by atoms with Crippen LogP contribution in [0.15, 0.2) is 48.9 Å². The van der Waals surface area contributed by atoms with Crippen molar-refractivity contribution in [2.24, 2.45) is 0 Å². The van der Waals surface area contributed by atoms with Gasteiger partial charge in [-0.1, -0.05) is 37.1 Å². The normalized spacial score (nSPS) is 17.6. The van der Waals surface area contributed by atoms with Gasteiger partial charge in [0.15, 0.2) is 0 Å². The molecule has 160 valence electrons. The fraction of sp³-hybridized carbons (Fsp3) is 0.417. The van der Waals surface area contributed by atoms with E-state index < -0.39 is 0 Å². The Morgan fingerprint density at radius 3 is 2.06 bits per heavy atom. The minimum Gasteiger partial charge on any atom is -0.353 e. The highest BCUT2D eigenvalue weighted by atomic mass is 16.2. The molecule has 7 heteroatoms. The number of anilines is 2. The van der Waals surface area contributed by atoms with Crippen LogP contribution in [0.25, 0.3) is 10.8 Å². The summed E-state index contributed by atoms with van der Waals surface area (Å²) < 4.78 is 0. The van der Waals surface area contributed by atoms with Crippen molar-refractivity contribution in [1.82, 2.24) is 19.9 Å². The van der Waals surface area contributed by atoms with E-state index in [1.54, 1.807) is 18.6 Å². The summed E-state index contributed by atoms with van der Waals surface area (Å²) >= 11 is 0. The molecule has 3 aromatic rings. The van der Waals surface area contributed by atoms with Crippen LogP contribution in [0.2, 0.25) is 0 Å². The first-order valence-corrected chi connectivity index (χ1v) is 11.3. The van der Waals surface area contributed by atoms with E-state index in [2.05, 4.69) is 31.9 Å². The fourth-order valence-electron chi connectivity index (χ4n) is 4.62. The number of likely N-dealkylation sites (tertiary alicyclic amines) is 1. The summed E-state index contributed by atoms with van der Waals surface area (Å²) in [5, 5.41) is 2.04. The average molecular weight is 417 g/mol. The smallest absolute Gasteiger partial charge is 0.256 e. The zero-order valence-electron chi connectivity index (χ0n) is 17.8. The van der Waals surface area contributed by atoms with Crippen LogP contribution in [-0.4, -0.2) is 65.0 Å². The summed E-state index contributed by atoms with van der Waals surface area (Å²) in [7, 11) is 0. The first kappa shape index (κ1) is 19.7. The van der Waals surface area contributed by atoms with E-state index in [1.807, 2.05) is 23.1 Å². The Balaban J connectivity index is 1.40. The van der Waals surface area contributed by atoms with Gasteiger partial charge in [-0.25, -0.2) is 15.0 Å². The van der Waals surface area contributed by atoms with Crippen molar-refractivity contribution in [1.29, 1.82) is 0 Å². The van der Waals surface area contributed by atoms with E-state index in [4.69, 9.17) is 4.98 Å². The van der Waals surface area contributed by atoms with Gasteiger partial charge in [-0.05, 0) is 24.3 Å². The van der Waals surface area contributed by atoms with Crippen LogP contribution in [0, 0.1) is 0 Å². The van der Waals surface area contributed by atoms with Gasteiger partial charge in [0.05, 0.1) is 5.56 Å². The predicted molar refractivity (Wildman–Crippen MR) is 123 cm³/mol. The quantitative estimate of drug-likeness (QED) is 0.652. The third-order valence-electron chi connectivity index (χ3n) is 6.31. The molecule has 2 aliphatic rings. The van der Waals surface area contributed by atoms with E-state index in [-0.39, 0.29) is 5.91 Å². The standard InChI is InChI=1S/C24H28N6O/c31-23(29-12-5-1-2-6-13-29)21-18-27-22(20-9-4-3-8-19(20)21)28-14-16-30(17-15-28)24-25-10-7-11-26-24/h3-4,7-11,18H,1-2,5-6,12-17H2. The van der Waals surface area contributed by atoms with Gasteiger partial charge >= 0.3 is 0 Å². The molecule has 1 aromatic carbocycles. The van der Waals surface area contributed by atoms with Gasteiger partial charge in [0.2, 0.25) is 5.95 Å². The maximum atomic E-state index is 13.3. The van der Waals surface area contributed by atoms with Gasteiger partial charge < -0.3 is 14.7 Å². The summed E-state index contributed by atoms with van der Waals surface area (Å²) in [5.74, 6) is 1.85. The molecule has 0 bridgehead atoms. The van der Waals surface area contributed by atoms with Crippen molar-refractivity contribution < 1.29 is 4.79 Å². The summed E-state index contributed by atoms with van der Waals surface area (Å²) in [6.45, 7) is 5.06. The fourth-order valence-corrected chi connectivity index (χ4v) is 4.62. The van der Waals surface area contributed by atoms with E-state index in [0.717, 1.165) is 80.2 Å². The molecule has 7 nitrogen and oxygen atoms in total. The molecule has 0 aliphatic carbocycles. The summed E-state index contributed by atoms with van der Waals surface area (Å²) in [4.78, 5) is 33.4. The SMILES string of the molecule is O=C(c1cnc(N2CCN(c3ncccn3)CC2)c2ccccc12)N1CCCCCC1. The molecule has 5 rings (SSSR count). The van der Waals surface area contributed by atoms with Crippen molar-refractivity contribution >= 4 is 28.4 Å². The first-order chi connectivity index (χ1) is 15.3. The number of nitrogens with zero attached hydrogens (tertiary/aromatic N) is 6. The van der Waals surface area contributed by atoms with Crippen molar-refractivity contribution in [3.8, 4) is 0 Å². The molecular formula is C24H28N6O. The topological polar surface area (TPSA) is 65.5 Å². The Hall–Kier alpha value is -3.22. The number of hydrogen-bond donors (Lipinski definition) is 0. The molecule has 1 amide bonds. The Labute approximate surface area is 182 Å². The molecule has 0 radical (unpaired) electrons. The summed E-state index contributed by atoms with van der Waals surface area (Å²) in [6, 6.07) is 10.0. The van der Waals surface area contributed by atoms with Gasteiger partial charge in [0.25, 0.3) is 5.91 Å². The number of aromatic nitrogens is 3. The second-order valence-electron chi connectivity index (χ2n) is 8.27. The molecule has 0 unspecified atom stereocenters. The van der Waals surface area contributed by atoms with Crippen LogP contribution in [0.3, 0.4) is 0 Å². The molecule has 0 spiro atoms. The number of amides is 1. The third kappa shape index (κ3) is 4.04. The molecule has 31 heavy (non-hydrogen) atoms. The van der Waals surface area contributed by atoms with Gasteiger partial charge in [-0.3, -0.25) is 4.79 Å². The van der Waals surface area contributed by atoms with Crippen molar-refractivity contribution in [2.75, 3.05) is 49.1 Å². The number of hydrogen-bond acceptors (Lipinski definition) is 6. The van der Waals surface area contributed by atoms with Crippen LogP contribution < -0.4 is 9.80 Å². The van der Waals surface area contributed by atoms with Gasteiger partial charge in [0, 0.05) is 63.2 Å². The Morgan fingerprint density at radius 2 is 1.35 bits per heavy atom. The van der Waals surface area contributed by atoms with Crippen molar-refractivity contribution in [2.45, 2.75) is 25.7 Å². The molecule has 2 saturated heterocycles. The highest BCUT2D eigenvalue weighted by molar-refractivity contribution is 6.09. The van der Waals surface area contributed by atoms with Crippen LogP contribution in [0.4, 0.5) is 11.8 Å². The second kappa shape index (κ2) is 8.88. The number of piperazine rings is 1.